The van der Waals surface area contributed by atoms with E-state index in [0.29, 0.717) is 0 Å². The number of esters is 3. The van der Waals surface area contributed by atoms with Crippen molar-refractivity contribution in [2.24, 2.45) is 0 Å². The summed E-state index contributed by atoms with van der Waals surface area (Å²) in [5.74, 6) is -6.48. The molecule has 0 aliphatic rings. The van der Waals surface area contributed by atoms with Crippen molar-refractivity contribution in [3.63, 3.8) is 0 Å². The number of carbonyl (C=O) groups excluding carboxylic acids is 6. The predicted molar refractivity (Wildman–Crippen MR) is 105 cm³/mol. The zero-order chi connectivity index (χ0) is 25.3. The number of aromatic nitrogens is 3. The Morgan fingerprint density at radius 3 is 0.879 bits per heavy atom. The Labute approximate surface area is 184 Å². The molecule has 15 nitrogen and oxygen atoms in total. The molecule has 15 heteroatoms. The molecule has 1 heterocycles. The van der Waals surface area contributed by atoms with Crippen LogP contribution in [0.2, 0.25) is 0 Å². The summed E-state index contributed by atoms with van der Waals surface area (Å²) in [7, 11) is 3.10. The van der Waals surface area contributed by atoms with E-state index in [-0.39, 0.29) is 13.7 Å². The van der Waals surface area contributed by atoms with Crippen molar-refractivity contribution in [3.05, 3.63) is 31.5 Å². The van der Waals surface area contributed by atoms with Gasteiger partial charge in [-0.2, -0.15) is 13.7 Å². The molecule has 0 aromatic carbocycles. The second kappa shape index (κ2) is 12.0. The van der Waals surface area contributed by atoms with Gasteiger partial charge in [0.2, 0.25) is 17.7 Å². The monoisotopic (exact) mass is 471 g/mol. The van der Waals surface area contributed by atoms with Gasteiger partial charge in [-0.3, -0.25) is 28.8 Å². The maximum Gasteiger partial charge on any atom is 0.350 e. The van der Waals surface area contributed by atoms with Crippen LogP contribution >= 0.6 is 0 Å². The summed E-state index contributed by atoms with van der Waals surface area (Å²) in [4.78, 5) is 109. The third-order valence-corrected chi connectivity index (χ3v) is 4.21. The minimum absolute atomic E-state index is 0.156. The summed E-state index contributed by atoms with van der Waals surface area (Å²) in [5, 5.41) is 0. The van der Waals surface area contributed by atoms with Gasteiger partial charge >= 0.3 is 35.0 Å². The van der Waals surface area contributed by atoms with E-state index in [1.165, 1.54) is 0 Å². The SMILES string of the molecule is COC(=O)CCC(=O)n1c(=O)n(C(=O)CCC(=O)OC)c(=O)n(C(=O)CCC(=O)OC)c1=O. The average Bonchev–Trinajstić information content (AvgIpc) is 2.78. The number of nitrogens with zero attached hydrogens (tertiary/aromatic N) is 3. The van der Waals surface area contributed by atoms with Crippen molar-refractivity contribution in [1.82, 2.24) is 13.7 Å². The quantitative estimate of drug-likeness (QED) is 0.283. The average molecular weight is 471 g/mol. The summed E-state index contributed by atoms with van der Waals surface area (Å²) in [6.07, 6.45) is -3.83. The molecule has 0 radical (unpaired) electrons. The molecule has 1 aromatic heterocycles. The highest BCUT2D eigenvalue weighted by Crippen LogP contribution is 1.98. The van der Waals surface area contributed by atoms with Crippen molar-refractivity contribution < 1.29 is 43.0 Å². The summed E-state index contributed by atoms with van der Waals surface area (Å²) < 4.78 is 12.6. The van der Waals surface area contributed by atoms with Gasteiger partial charge in [-0.25, -0.2) is 14.4 Å². The van der Waals surface area contributed by atoms with E-state index >= 15 is 0 Å². The third-order valence-electron chi connectivity index (χ3n) is 4.21. The molecule has 1 aromatic rings. The van der Waals surface area contributed by atoms with Crippen LogP contribution < -0.4 is 17.1 Å². The largest absolute Gasteiger partial charge is 0.469 e. The van der Waals surface area contributed by atoms with Crippen LogP contribution in [0.15, 0.2) is 14.4 Å². The molecule has 0 atom stereocenters. The van der Waals surface area contributed by atoms with Crippen LogP contribution in [0, 0.1) is 0 Å². The highest BCUT2D eigenvalue weighted by atomic mass is 16.5. The number of hydrogen-bond donors (Lipinski definition) is 0. The van der Waals surface area contributed by atoms with Crippen LogP contribution in [0.25, 0.3) is 0 Å². The lowest BCUT2D eigenvalue weighted by Crippen LogP contribution is -2.59. The van der Waals surface area contributed by atoms with Crippen LogP contribution in [-0.2, 0) is 28.6 Å². The van der Waals surface area contributed by atoms with Gasteiger partial charge in [0.05, 0.1) is 40.6 Å². The molecule has 0 bridgehead atoms. The van der Waals surface area contributed by atoms with Gasteiger partial charge in [0.15, 0.2) is 0 Å². The Morgan fingerprint density at radius 1 is 0.485 bits per heavy atom. The number of methoxy groups -OCH3 is 3. The van der Waals surface area contributed by atoms with Crippen LogP contribution in [0.5, 0.6) is 0 Å². The molecule has 180 valence electrons. The number of carbonyl (C=O) groups is 6. The fourth-order valence-corrected chi connectivity index (χ4v) is 2.45. The second-order valence-corrected chi connectivity index (χ2v) is 6.26. The van der Waals surface area contributed by atoms with Crippen molar-refractivity contribution >= 4 is 35.6 Å². The number of hydrogen-bond acceptors (Lipinski definition) is 12. The van der Waals surface area contributed by atoms with Crippen LogP contribution in [0.3, 0.4) is 0 Å². The normalized spacial score (nSPS) is 10.3. The molecule has 33 heavy (non-hydrogen) atoms. The minimum atomic E-state index is -1.69. The van der Waals surface area contributed by atoms with Gasteiger partial charge in [-0.15, -0.1) is 0 Å². The first-order valence-electron chi connectivity index (χ1n) is 9.31. The zero-order valence-corrected chi connectivity index (χ0v) is 18.0. The fourth-order valence-electron chi connectivity index (χ4n) is 2.45. The third kappa shape index (κ3) is 6.65. The smallest absolute Gasteiger partial charge is 0.350 e. The number of rotatable bonds is 9. The maximum atomic E-state index is 12.7. The lowest BCUT2D eigenvalue weighted by atomic mass is 10.3. The summed E-state index contributed by atoms with van der Waals surface area (Å²) in [6.45, 7) is 0. The zero-order valence-electron chi connectivity index (χ0n) is 18.0. The first-order chi connectivity index (χ1) is 15.5. The molecule has 0 fully saturated rings. The second-order valence-electron chi connectivity index (χ2n) is 6.26. The standard InChI is InChI=1S/C18H21N3O12/c1-31-13(25)7-4-10(22)19-16(28)20(11(23)5-8-14(26)32-2)18(30)21(17(19)29)12(24)6-9-15(27)33-3/h4-9H2,1-3H3. The Morgan fingerprint density at radius 2 is 0.697 bits per heavy atom. The van der Waals surface area contributed by atoms with Crippen molar-refractivity contribution in [2.45, 2.75) is 38.5 Å². The molecule has 0 unspecified atom stereocenters. The first kappa shape index (κ1) is 26.9. The molecule has 0 N–H and O–H groups in total. The molecule has 0 amide bonds. The lowest BCUT2D eigenvalue weighted by molar-refractivity contribution is -0.141. The van der Waals surface area contributed by atoms with Gasteiger partial charge < -0.3 is 14.2 Å². The molecule has 0 aliphatic heterocycles. The van der Waals surface area contributed by atoms with E-state index in [1.807, 2.05) is 0 Å². The molecule has 0 saturated carbocycles. The molecule has 0 saturated heterocycles. The van der Waals surface area contributed by atoms with E-state index < -0.39 is 91.2 Å². The minimum Gasteiger partial charge on any atom is -0.469 e. The van der Waals surface area contributed by atoms with E-state index in [1.54, 1.807) is 0 Å². The molecule has 1 rings (SSSR count). The molecule has 0 aliphatic carbocycles. The summed E-state index contributed by atoms with van der Waals surface area (Å²) in [6, 6.07) is 0. The van der Waals surface area contributed by atoms with E-state index in [9.17, 15) is 43.2 Å². The Balaban J connectivity index is 3.62. The van der Waals surface area contributed by atoms with Crippen LogP contribution in [0.1, 0.15) is 52.9 Å². The fraction of sp³-hybridized carbons (Fsp3) is 0.500. The highest BCUT2D eigenvalue weighted by molar-refractivity contribution is 5.87. The predicted octanol–water partition coefficient (Wildman–Crippen LogP) is -2.05. The topological polar surface area (TPSA) is 196 Å². The van der Waals surface area contributed by atoms with Gasteiger partial charge in [-0.05, 0) is 0 Å². The first-order valence-corrected chi connectivity index (χ1v) is 9.31. The summed E-state index contributed by atoms with van der Waals surface area (Å²) in [5.41, 5.74) is -5.06. The van der Waals surface area contributed by atoms with E-state index in [2.05, 4.69) is 14.2 Å². The Kier molecular flexibility index (Phi) is 9.78. The molecular formula is C18H21N3O12. The molecule has 0 spiro atoms. The van der Waals surface area contributed by atoms with Crippen molar-refractivity contribution in [2.75, 3.05) is 21.3 Å². The Bertz CT molecular complexity index is 981. The van der Waals surface area contributed by atoms with Gasteiger partial charge in [0.25, 0.3) is 0 Å². The highest BCUT2D eigenvalue weighted by Gasteiger charge is 2.27. The Hall–Kier alpha value is -4.17. The van der Waals surface area contributed by atoms with Gasteiger partial charge in [-0.1, -0.05) is 0 Å². The maximum absolute atomic E-state index is 12.7. The van der Waals surface area contributed by atoms with Gasteiger partial charge in [0.1, 0.15) is 0 Å². The summed E-state index contributed by atoms with van der Waals surface area (Å²) >= 11 is 0. The van der Waals surface area contributed by atoms with Crippen LogP contribution in [0.4, 0.5) is 0 Å². The van der Waals surface area contributed by atoms with E-state index in [0.717, 1.165) is 21.3 Å². The molecular weight excluding hydrogens is 450 g/mol. The van der Waals surface area contributed by atoms with Crippen molar-refractivity contribution in [1.29, 1.82) is 0 Å². The number of ether oxygens (including phenoxy) is 3. The van der Waals surface area contributed by atoms with Crippen molar-refractivity contribution in [3.8, 4) is 0 Å². The van der Waals surface area contributed by atoms with Crippen LogP contribution in [-0.4, -0.2) is 70.7 Å². The lowest BCUT2D eigenvalue weighted by Gasteiger charge is -2.11. The van der Waals surface area contributed by atoms with Gasteiger partial charge in [0, 0.05) is 19.3 Å². The van der Waals surface area contributed by atoms with E-state index in [4.69, 9.17) is 0 Å².